The number of aromatic carboxylic acids is 1. The highest BCUT2D eigenvalue weighted by Crippen LogP contribution is 2.18. The van der Waals surface area contributed by atoms with E-state index in [0.717, 1.165) is 17.7 Å². The summed E-state index contributed by atoms with van der Waals surface area (Å²) in [6.45, 7) is 4.81. The van der Waals surface area contributed by atoms with E-state index in [1.807, 2.05) is 6.92 Å². The number of nitrogens with two attached hydrogens (primary N) is 1. The van der Waals surface area contributed by atoms with Gasteiger partial charge in [-0.2, -0.15) is 0 Å². The number of aromatic nitrogens is 1. The second kappa shape index (κ2) is 5.46. The van der Waals surface area contributed by atoms with E-state index < -0.39 is 5.97 Å². The van der Waals surface area contributed by atoms with Crippen molar-refractivity contribution in [1.82, 2.24) is 4.98 Å². The summed E-state index contributed by atoms with van der Waals surface area (Å²) in [6, 6.07) is 1.76. The number of hydrogen-bond donors (Lipinski definition) is 3. The standard InChI is InChI=1S/C11H17N3O2/c1-7-6-8(2)14-10(9(7)11(15)16)13-5-3-4-12/h6H,3-5,12H2,1-2H3,(H,13,14)(H,15,16). The third-order valence-electron chi connectivity index (χ3n) is 2.23. The molecular formula is C11H17N3O2. The summed E-state index contributed by atoms with van der Waals surface area (Å²) >= 11 is 0. The fourth-order valence-electron chi connectivity index (χ4n) is 1.54. The molecule has 1 aromatic heterocycles. The van der Waals surface area contributed by atoms with Crippen LogP contribution in [-0.2, 0) is 0 Å². The molecule has 16 heavy (non-hydrogen) atoms. The van der Waals surface area contributed by atoms with Gasteiger partial charge in [-0.05, 0) is 38.4 Å². The SMILES string of the molecule is Cc1cc(C)c(C(=O)O)c(NCCCN)n1. The fraction of sp³-hybridized carbons (Fsp3) is 0.455. The minimum atomic E-state index is -0.958. The maximum atomic E-state index is 11.1. The smallest absolute Gasteiger partial charge is 0.339 e. The number of carboxylic acid groups (broad SMARTS) is 1. The molecule has 5 nitrogen and oxygen atoms in total. The molecule has 0 aliphatic heterocycles. The molecule has 0 amide bonds. The lowest BCUT2D eigenvalue weighted by Gasteiger charge is -2.11. The van der Waals surface area contributed by atoms with Gasteiger partial charge in [0.2, 0.25) is 0 Å². The molecule has 0 aliphatic rings. The van der Waals surface area contributed by atoms with E-state index >= 15 is 0 Å². The van der Waals surface area contributed by atoms with E-state index in [2.05, 4.69) is 10.3 Å². The van der Waals surface area contributed by atoms with Crippen molar-refractivity contribution < 1.29 is 9.90 Å². The Morgan fingerprint density at radius 3 is 2.81 bits per heavy atom. The summed E-state index contributed by atoms with van der Waals surface area (Å²) in [7, 11) is 0. The predicted molar refractivity (Wildman–Crippen MR) is 62.8 cm³/mol. The molecule has 0 bridgehead atoms. The van der Waals surface area contributed by atoms with E-state index in [4.69, 9.17) is 10.8 Å². The molecule has 0 spiro atoms. The molecule has 1 heterocycles. The summed E-state index contributed by atoms with van der Waals surface area (Å²) in [5, 5.41) is 12.1. The van der Waals surface area contributed by atoms with Crippen LogP contribution in [0.5, 0.6) is 0 Å². The average Bonchev–Trinajstić information content (AvgIpc) is 2.16. The Labute approximate surface area is 94.7 Å². The van der Waals surface area contributed by atoms with Crippen molar-refractivity contribution in [2.24, 2.45) is 5.73 Å². The minimum Gasteiger partial charge on any atom is -0.478 e. The number of anilines is 1. The highest BCUT2D eigenvalue weighted by Gasteiger charge is 2.14. The summed E-state index contributed by atoms with van der Waals surface area (Å²) < 4.78 is 0. The van der Waals surface area contributed by atoms with Gasteiger partial charge in [0, 0.05) is 12.2 Å². The van der Waals surface area contributed by atoms with Crippen LogP contribution in [0.3, 0.4) is 0 Å². The molecule has 0 aromatic carbocycles. The summed E-state index contributed by atoms with van der Waals surface area (Å²) in [5.41, 5.74) is 7.13. The van der Waals surface area contributed by atoms with Crippen molar-refractivity contribution in [3.05, 3.63) is 22.9 Å². The van der Waals surface area contributed by atoms with Crippen molar-refractivity contribution in [1.29, 1.82) is 0 Å². The van der Waals surface area contributed by atoms with Gasteiger partial charge in [0.05, 0.1) is 0 Å². The molecule has 4 N–H and O–H groups in total. The van der Waals surface area contributed by atoms with Crippen LogP contribution in [0.25, 0.3) is 0 Å². The third-order valence-corrected chi connectivity index (χ3v) is 2.23. The Morgan fingerprint density at radius 1 is 1.56 bits per heavy atom. The Kier molecular flexibility index (Phi) is 4.25. The van der Waals surface area contributed by atoms with Crippen LogP contribution in [-0.4, -0.2) is 29.1 Å². The van der Waals surface area contributed by atoms with E-state index in [9.17, 15) is 4.79 Å². The molecule has 0 saturated heterocycles. The van der Waals surface area contributed by atoms with Crippen LogP contribution in [0.1, 0.15) is 28.0 Å². The number of carboxylic acids is 1. The first kappa shape index (κ1) is 12.4. The second-order valence-electron chi connectivity index (χ2n) is 3.68. The number of rotatable bonds is 5. The molecule has 1 rings (SSSR count). The predicted octanol–water partition coefficient (Wildman–Crippen LogP) is 1.16. The maximum Gasteiger partial charge on any atom is 0.339 e. The number of carbonyl (C=O) groups is 1. The summed E-state index contributed by atoms with van der Waals surface area (Å²) in [6.07, 6.45) is 0.785. The monoisotopic (exact) mass is 223 g/mol. The number of pyridine rings is 1. The number of hydrogen-bond acceptors (Lipinski definition) is 4. The van der Waals surface area contributed by atoms with Crippen molar-refractivity contribution in [2.75, 3.05) is 18.4 Å². The number of aryl methyl sites for hydroxylation is 2. The molecule has 0 atom stereocenters. The maximum absolute atomic E-state index is 11.1. The molecule has 88 valence electrons. The van der Waals surface area contributed by atoms with E-state index in [-0.39, 0.29) is 5.56 Å². The van der Waals surface area contributed by atoms with Gasteiger partial charge < -0.3 is 16.2 Å². The van der Waals surface area contributed by atoms with Crippen molar-refractivity contribution in [2.45, 2.75) is 20.3 Å². The quantitative estimate of drug-likeness (QED) is 0.652. The summed E-state index contributed by atoms with van der Waals surface area (Å²) in [4.78, 5) is 15.3. The van der Waals surface area contributed by atoms with Gasteiger partial charge in [0.25, 0.3) is 0 Å². The van der Waals surface area contributed by atoms with Crippen molar-refractivity contribution >= 4 is 11.8 Å². The molecule has 5 heteroatoms. The van der Waals surface area contributed by atoms with Gasteiger partial charge in [-0.3, -0.25) is 0 Å². The van der Waals surface area contributed by atoms with Gasteiger partial charge in [0.1, 0.15) is 11.4 Å². The average molecular weight is 223 g/mol. The Morgan fingerprint density at radius 2 is 2.25 bits per heavy atom. The van der Waals surface area contributed by atoms with Gasteiger partial charge >= 0.3 is 5.97 Å². The largest absolute Gasteiger partial charge is 0.478 e. The summed E-state index contributed by atoms with van der Waals surface area (Å²) in [5.74, 6) is -0.529. The lowest BCUT2D eigenvalue weighted by Crippen LogP contribution is -2.14. The van der Waals surface area contributed by atoms with Gasteiger partial charge in [-0.1, -0.05) is 0 Å². The molecule has 1 aromatic rings. The lowest BCUT2D eigenvalue weighted by molar-refractivity contribution is 0.0697. The topological polar surface area (TPSA) is 88.2 Å². The number of nitrogens with one attached hydrogen (secondary N) is 1. The zero-order valence-corrected chi connectivity index (χ0v) is 9.58. The van der Waals surface area contributed by atoms with Crippen LogP contribution in [0.4, 0.5) is 5.82 Å². The molecule has 0 saturated carbocycles. The van der Waals surface area contributed by atoms with Crippen LogP contribution in [0.15, 0.2) is 6.07 Å². The minimum absolute atomic E-state index is 0.239. The fourth-order valence-corrected chi connectivity index (χ4v) is 1.54. The zero-order valence-electron chi connectivity index (χ0n) is 9.58. The normalized spacial score (nSPS) is 10.2. The first-order valence-electron chi connectivity index (χ1n) is 5.21. The first-order valence-corrected chi connectivity index (χ1v) is 5.21. The van der Waals surface area contributed by atoms with Crippen LogP contribution >= 0.6 is 0 Å². The van der Waals surface area contributed by atoms with Crippen molar-refractivity contribution in [3.63, 3.8) is 0 Å². The Balaban J connectivity index is 2.99. The number of nitrogens with zero attached hydrogens (tertiary/aromatic N) is 1. The molecule has 0 radical (unpaired) electrons. The molecule has 0 fully saturated rings. The first-order chi connectivity index (χ1) is 7.56. The van der Waals surface area contributed by atoms with E-state index in [1.54, 1.807) is 13.0 Å². The lowest BCUT2D eigenvalue weighted by atomic mass is 10.1. The van der Waals surface area contributed by atoms with Gasteiger partial charge in [-0.15, -0.1) is 0 Å². The Bertz CT molecular complexity index is 391. The highest BCUT2D eigenvalue weighted by atomic mass is 16.4. The van der Waals surface area contributed by atoms with Gasteiger partial charge in [0.15, 0.2) is 0 Å². The van der Waals surface area contributed by atoms with Crippen LogP contribution in [0, 0.1) is 13.8 Å². The zero-order chi connectivity index (χ0) is 12.1. The molecular weight excluding hydrogens is 206 g/mol. The molecule has 0 unspecified atom stereocenters. The third kappa shape index (κ3) is 2.93. The van der Waals surface area contributed by atoms with Crippen molar-refractivity contribution in [3.8, 4) is 0 Å². The second-order valence-corrected chi connectivity index (χ2v) is 3.68. The van der Waals surface area contributed by atoms with E-state index in [0.29, 0.717) is 18.9 Å². The highest BCUT2D eigenvalue weighted by molar-refractivity contribution is 5.94. The van der Waals surface area contributed by atoms with Crippen LogP contribution < -0.4 is 11.1 Å². The molecule has 0 aliphatic carbocycles. The van der Waals surface area contributed by atoms with E-state index in [1.165, 1.54) is 0 Å². The van der Waals surface area contributed by atoms with Gasteiger partial charge in [-0.25, -0.2) is 9.78 Å². The Hall–Kier alpha value is -1.62. The van der Waals surface area contributed by atoms with Crippen LogP contribution in [0.2, 0.25) is 0 Å².